The molecule has 0 radical (unpaired) electrons. The number of thioether (sulfide) groups is 1. The highest BCUT2D eigenvalue weighted by molar-refractivity contribution is 7.99. The van der Waals surface area contributed by atoms with Crippen molar-refractivity contribution in [2.75, 3.05) is 5.75 Å². The van der Waals surface area contributed by atoms with Crippen molar-refractivity contribution in [1.29, 1.82) is 0 Å². The molecule has 2 aromatic heterocycles. The van der Waals surface area contributed by atoms with Gasteiger partial charge in [0, 0.05) is 18.0 Å². The van der Waals surface area contributed by atoms with E-state index in [0.717, 1.165) is 42.3 Å². The molecular weight excluding hydrogens is 378 g/mol. The van der Waals surface area contributed by atoms with Gasteiger partial charge in [-0.1, -0.05) is 37.4 Å². The van der Waals surface area contributed by atoms with E-state index in [1.165, 1.54) is 54.3 Å². The second kappa shape index (κ2) is 8.35. The predicted molar refractivity (Wildman–Crippen MR) is 112 cm³/mol. The number of nitrogens with zero attached hydrogens (tertiary/aromatic N) is 2. The minimum Gasteiger partial charge on any atom is -0.353 e. The number of aromatic nitrogens is 2. The number of nitrogens with one attached hydrogen (secondary N) is 1. The van der Waals surface area contributed by atoms with Gasteiger partial charge in [-0.2, -0.15) is 0 Å². The second-order valence-corrected chi connectivity index (χ2v) is 9.72. The molecule has 2 heterocycles. The molecule has 5 nitrogen and oxygen atoms in total. The summed E-state index contributed by atoms with van der Waals surface area (Å²) in [6.07, 6.45) is 11.5. The van der Waals surface area contributed by atoms with Crippen molar-refractivity contribution in [2.45, 2.75) is 75.4 Å². The summed E-state index contributed by atoms with van der Waals surface area (Å²) in [7, 11) is 1.77. The first-order valence-corrected chi connectivity index (χ1v) is 11.9. The van der Waals surface area contributed by atoms with Crippen LogP contribution in [-0.4, -0.2) is 27.3 Å². The van der Waals surface area contributed by atoms with Crippen molar-refractivity contribution in [1.82, 2.24) is 14.9 Å². The molecule has 2 aromatic rings. The summed E-state index contributed by atoms with van der Waals surface area (Å²) >= 11 is 3.03. The first-order chi connectivity index (χ1) is 13.1. The number of hydrogen-bond acceptors (Lipinski definition) is 5. The third kappa shape index (κ3) is 4.09. The number of fused-ring (bicyclic) bond motifs is 3. The van der Waals surface area contributed by atoms with E-state index in [0.29, 0.717) is 17.0 Å². The molecule has 1 saturated carbocycles. The third-order valence-corrected chi connectivity index (χ3v) is 7.92. The Morgan fingerprint density at radius 1 is 1.19 bits per heavy atom. The molecule has 2 aliphatic carbocycles. The molecule has 27 heavy (non-hydrogen) atoms. The van der Waals surface area contributed by atoms with Gasteiger partial charge in [0.1, 0.15) is 4.83 Å². The minimum absolute atomic E-state index is 0.0334. The van der Waals surface area contributed by atoms with Crippen LogP contribution < -0.4 is 10.9 Å². The highest BCUT2D eigenvalue weighted by Gasteiger charge is 2.22. The van der Waals surface area contributed by atoms with Gasteiger partial charge in [0.05, 0.1) is 11.1 Å². The van der Waals surface area contributed by atoms with Crippen molar-refractivity contribution in [3.63, 3.8) is 0 Å². The molecular formula is C20H27N3O2S2. The molecule has 7 heteroatoms. The number of carbonyl (C=O) groups excluding carboxylic acids is 1. The molecule has 1 N–H and O–H groups in total. The molecule has 1 fully saturated rings. The van der Waals surface area contributed by atoms with Crippen LogP contribution in [0.4, 0.5) is 0 Å². The van der Waals surface area contributed by atoms with Crippen molar-refractivity contribution in [3.8, 4) is 0 Å². The van der Waals surface area contributed by atoms with Gasteiger partial charge in [0.15, 0.2) is 5.16 Å². The molecule has 0 spiro atoms. The largest absolute Gasteiger partial charge is 0.353 e. The number of hydrogen-bond donors (Lipinski definition) is 1. The molecule has 0 aliphatic heterocycles. The van der Waals surface area contributed by atoms with E-state index in [4.69, 9.17) is 4.98 Å². The Hall–Kier alpha value is -1.34. The fourth-order valence-corrected chi connectivity index (χ4v) is 6.30. The number of thiophene rings is 1. The Kier molecular flexibility index (Phi) is 5.88. The van der Waals surface area contributed by atoms with Crippen LogP contribution in [-0.2, 0) is 24.7 Å². The quantitative estimate of drug-likeness (QED) is 0.477. The average molecular weight is 406 g/mol. The van der Waals surface area contributed by atoms with Gasteiger partial charge < -0.3 is 5.32 Å². The lowest BCUT2D eigenvalue weighted by Gasteiger charge is -2.16. The predicted octanol–water partition coefficient (Wildman–Crippen LogP) is 3.80. The Morgan fingerprint density at radius 2 is 1.93 bits per heavy atom. The summed E-state index contributed by atoms with van der Waals surface area (Å²) in [5, 5.41) is 4.62. The number of carbonyl (C=O) groups is 1. The fraction of sp³-hybridized carbons (Fsp3) is 0.650. The van der Waals surface area contributed by atoms with Gasteiger partial charge in [0.25, 0.3) is 5.56 Å². The zero-order chi connectivity index (χ0) is 18.8. The van der Waals surface area contributed by atoms with Crippen LogP contribution in [0.25, 0.3) is 10.2 Å². The normalized spacial score (nSPS) is 18.3. The van der Waals surface area contributed by atoms with Gasteiger partial charge in [0.2, 0.25) is 5.91 Å². The molecule has 0 unspecified atom stereocenters. The highest BCUT2D eigenvalue weighted by Crippen LogP contribution is 2.34. The minimum atomic E-state index is 0.0334. The number of rotatable bonds is 4. The van der Waals surface area contributed by atoms with Crippen molar-refractivity contribution >= 4 is 39.2 Å². The monoisotopic (exact) mass is 405 g/mol. The molecule has 1 amide bonds. The van der Waals surface area contributed by atoms with E-state index in [9.17, 15) is 9.59 Å². The fourth-order valence-electron chi connectivity index (χ4n) is 4.22. The average Bonchev–Trinajstić information content (AvgIpc) is 2.84. The lowest BCUT2D eigenvalue weighted by atomic mass is 9.97. The molecule has 4 rings (SSSR count). The van der Waals surface area contributed by atoms with Crippen LogP contribution in [0, 0.1) is 0 Å². The van der Waals surface area contributed by atoms with Crippen LogP contribution in [0.1, 0.15) is 61.8 Å². The maximum atomic E-state index is 12.9. The van der Waals surface area contributed by atoms with Crippen LogP contribution >= 0.6 is 23.1 Å². The maximum Gasteiger partial charge on any atom is 0.262 e. The summed E-state index contributed by atoms with van der Waals surface area (Å²) in [6, 6.07) is 0.309. The van der Waals surface area contributed by atoms with Crippen LogP contribution in [0.15, 0.2) is 9.95 Å². The van der Waals surface area contributed by atoms with E-state index < -0.39 is 0 Å². The Balaban J connectivity index is 1.48. The molecule has 0 atom stereocenters. The molecule has 0 saturated heterocycles. The van der Waals surface area contributed by atoms with Gasteiger partial charge in [-0.25, -0.2) is 4.98 Å². The lowest BCUT2D eigenvalue weighted by molar-refractivity contribution is -0.119. The highest BCUT2D eigenvalue weighted by atomic mass is 32.2. The first kappa shape index (κ1) is 19.0. The second-order valence-electron chi connectivity index (χ2n) is 7.69. The third-order valence-electron chi connectivity index (χ3n) is 5.71. The van der Waals surface area contributed by atoms with Crippen LogP contribution in [0.2, 0.25) is 0 Å². The molecule has 0 aromatic carbocycles. The standard InChI is InChI=1S/C20H27N3O2S2/c1-23-19(25)17-14-10-6-7-11-15(14)27-18(17)22-20(23)26-12-16(24)21-13-8-4-2-3-5-9-13/h13H,2-12H2,1H3,(H,21,24). The topological polar surface area (TPSA) is 64.0 Å². The summed E-state index contributed by atoms with van der Waals surface area (Å²) in [6.45, 7) is 0. The Bertz CT molecular complexity index is 895. The summed E-state index contributed by atoms with van der Waals surface area (Å²) < 4.78 is 1.62. The SMILES string of the molecule is Cn1c(SCC(=O)NC2CCCCCC2)nc2sc3c(c2c1=O)CCCC3. The zero-order valence-corrected chi connectivity index (χ0v) is 17.5. The zero-order valence-electron chi connectivity index (χ0n) is 15.9. The van der Waals surface area contributed by atoms with E-state index in [1.807, 2.05) is 0 Å². The van der Waals surface area contributed by atoms with E-state index in [2.05, 4.69) is 5.32 Å². The van der Waals surface area contributed by atoms with Crippen LogP contribution in [0.5, 0.6) is 0 Å². The molecule has 2 aliphatic rings. The van der Waals surface area contributed by atoms with Gasteiger partial charge >= 0.3 is 0 Å². The smallest absolute Gasteiger partial charge is 0.262 e. The van der Waals surface area contributed by atoms with Crippen molar-refractivity contribution < 1.29 is 4.79 Å². The molecule has 0 bridgehead atoms. The Morgan fingerprint density at radius 3 is 2.70 bits per heavy atom. The van der Waals surface area contributed by atoms with Gasteiger partial charge in [-0.05, 0) is 44.1 Å². The van der Waals surface area contributed by atoms with Gasteiger partial charge in [-0.3, -0.25) is 14.2 Å². The van der Waals surface area contributed by atoms with E-state index in [-0.39, 0.29) is 11.5 Å². The summed E-state index contributed by atoms with van der Waals surface area (Å²) in [4.78, 5) is 32.2. The van der Waals surface area contributed by atoms with E-state index in [1.54, 1.807) is 23.0 Å². The Labute approximate surface area is 167 Å². The molecule has 146 valence electrons. The number of amides is 1. The van der Waals surface area contributed by atoms with Crippen molar-refractivity contribution in [2.24, 2.45) is 7.05 Å². The van der Waals surface area contributed by atoms with Gasteiger partial charge in [-0.15, -0.1) is 11.3 Å². The van der Waals surface area contributed by atoms with Crippen molar-refractivity contribution in [3.05, 3.63) is 20.8 Å². The first-order valence-electron chi connectivity index (χ1n) is 10.1. The summed E-state index contributed by atoms with van der Waals surface area (Å²) in [5.74, 6) is 0.361. The lowest BCUT2D eigenvalue weighted by Crippen LogP contribution is -2.35. The van der Waals surface area contributed by atoms with Crippen LogP contribution in [0.3, 0.4) is 0 Å². The summed E-state index contributed by atoms with van der Waals surface area (Å²) in [5.41, 5.74) is 1.25. The number of aryl methyl sites for hydroxylation is 2. The maximum absolute atomic E-state index is 12.9. The van der Waals surface area contributed by atoms with E-state index >= 15 is 0 Å².